The number of ether oxygens (including phenoxy) is 2. The molecule has 7 nitrogen and oxygen atoms in total. The maximum absolute atomic E-state index is 13.1. The van der Waals surface area contributed by atoms with E-state index in [1.165, 1.54) is 11.8 Å². The molecule has 0 fully saturated rings. The van der Waals surface area contributed by atoms with Crippen molar-refractivity contribution < 1.29 is 14.3 Å². The molecular weight excluding hydrogens is 552 g/mol. The van der Waals surface area contributed by atoms with Crippen LogP contribution in [0.15, 0.2) is 63.4 Å². The van der Waals surface area contributed by atoms with E-state index in [0.717, 1.165) is 22.0 Å². The summed E-state index contributed by atoms with van der Waals surface area (Å²) in [5.74, 6) is 1.44. The lowest BCUT2D eigenvalue weighted by atomic mass is 9.95. The normalized spacial score (nSPS) is 14.9. The largest absolute Gasteiger partial charge is 0.493 e. The van der Waals surface area contributed by atoms with Crippen LogP contribution in [0.2, 0.25) is 5.02 Å². The van der Waals surface area contributed by atoms with Gasteiger partial charge in [-0.15, -0.1) is 5.10 Å². The fourth-order valence-electron chi connectivity index (χ4n) is 3.79. The minimum absolute atomic E-state index is 0.267. The first-order valence-corrected chi connectivity index (χ1v) is 13.5. The van der Waals surface area contributed by atoms with Crippen LogP contribution < -0.4 is 10.1 Å². The Kier molecular flexibility index (Phi) is 8.41. The number of allylic oxidation sites excluding steroid dienone is 1. The minimum atomic E-state index is -0.572. The SMILES string of the molecule is CCCOc1ccc(Br)cc1C1C(C(=O)OCC)=C(C)Nc2nc(SCc3ccccc3Cl)nn21. The van der Waals surface area contributed by atoms with Crippen LogP contribution in [-0.4, -0.2) is 33.9 Å². The van der Waals surface area contributed by atoms with Gasteiger partial charge in [0, 0.05) is 26.5 Å². The number of benzene rings is 2. The van der Waals surface area contributed by atoms with Gasteiger partial charge in [0.15, 0.2) is 0 Å². The molecule has 35 heavy (non-hydrogen) atoms. The molecule has 4 rings (SSSR count). The van der Waals surface area contributed by atoms with Crippen molar-refractivity contribution in [2.24, 2.45) is 0 Å². The average molecular weight is 578 g/mol. The number of nitrogens with zero attached hydrogens (tertiary/aromatic N) is 3. The van der Waals surface area contributed by atoms with Crippen LogP contribution in [0.5, 0.6) is 5.75 Å². The smallest absolute Gasteiger partial charge is 0.338 e. The molecule has 1 atom stereocenters. The van der Waals surface area contributed by atoms with Crippen molar-refractivity contribution in [2.75, 3.05) is 18.5 Å². The molecule has 2 heterocycles. The summed E-state index contributed by atoms with van der Waals surface area (Å²) in [6.07, 6.45) is 0.860. The van der Waals surface area contributed by atoms with Gasteiger partial charge in [-0.25, -0.2) is 9.48 Å². The highest BCUT2D eigenvalue weighted by atomic mass is 79.9. The molecule has 0 radical (unpaired) electrons. The summed E-state index contributed by atoms with van der Waals surface area (Å²) in [4.78, 5) is 17.8. The van der Waals surface area contributed by atoms with Crippen LogP contribution in [0, 0.1) is 0 Å². The molecule has 0 saturated carbocycles. The van der Waals surface area contributed by atoms with Gasteiger partial charge in [0.25, 0.3) is 0 Å². The summed E-state index contributed by atoms with van der Waals surface area (Å²) < 4.78 is 14.1. The Bertz CT molecular complexity index is 1260. The fraction of sp³-hybridized carbons (Fsp3) is 0.320. The van der Waals surface area contributed by atoms with Crippen LogP contribution in [0.1, 0.15) is 44.4 Å². The zero-order valence-electron chi connectivity index (χ0n) is 19.7. The summed E-state index contributed by atoms with van der Waals surface area (Å²) in [5.41, 5.74) is 2.93. The molecule has 0 amide bonds. The van der Waals surface area contributed by atoms with Crippen LogP contribution in [0.4, 0.5) is 5.95 Å². The van der Waals surface area contributed by atoms with Gasteiger partial charge in [0.2, 0.25) is 11.1 Å². The fourth-order valence-corrected chi connectivity index (χ4v) is 5.28. The molecule has 10 heteroatoms. The molecule has 1 unspecified atom stereocenters. The third kappa shape index (κ3) is 5.68. The van der Waals surface area contributed by atoms with Gasteiger partial charge >= 0.3 is 5.97 Å². The number of rotatable bonds is 9. The number of esters is 1. The highest BCUT2D eigenvalue weighted by Gasteiger charge is 2.37. The van der Waals surface area contributed by atoms with Gasteiger partial charge < -0.3 is 14.8 Å². The molecule has 1 N–H and O–H groups in total. The predicted octanol–water partition coefficient (Wildman–Crippen LogP) is 6.63. The summed E-state index contributed by atoms with van der Waals surface area (Å²) in [5, 5.41) is 9.29. The van der Waals surface area contributed by atoms with Crippen LogP contribution in [0.3, 0.4) is 0 Å². The Labute approximate surface area is 222 Å². The van der Waals surface area contributed by atoms with Crippen molar-refractivity contribution in [3.05, 3.63) is 74.4 Å². The number of hydrogen-bond donors (Lipinski definition) is 1. The number of hydrogen-bond acceptors (Lipinski definition) is 7. The Balaban J connectivity index is 1.77. The second kappa shape index (κ2) is 11.5. The first-order valence-electron chi connectivity index (χ1n) is 11.3. The Morgan fingerprint density at radius 2 is 2.06 bits per heavy atom. The molecule has 3 aromatic rings. The lowest BCUT2D eigenvalue weighted by Crippen LogP contribution is -2.30. The van der Waals surface area contributed by atoms with Gasteiger partial charge in [-0.3, -0.25) is 0 Å². The molecule has 1 aliphatic heterocycles. The zero-order chi connectivity index (χ0) is 24.9. The van der Waals surface area contributed by atoms with Gasteiger partial charge in [-0.2, -0.15) is 4.98 Å². The molecule has 2 aromatic carbocycles. The van der Waals surface area contributed by atoms with Crippen molar-refractivity contribution in [3.63, 3.8) is 0 Å². The van der Waals surface area contributed by atoms with E-state index in [-0.39, 0.29) is 6.61 Å². The molecule has 1 aromatic heterocycles. The van der Waals surface area contributed by atoms with Gasteiger partial charge in [-0.05, 0) is 50.1 Å². The number of carbonyl (C=O) groups excluding carboxylic acids is 1. The maximum Gasteiger partial charge on any atom is 0.338 e. The number of carbonyl (C=O) groups is 1. The van der Waals surface area contributed by atoms with Crippen LogP contribution in [0.25, 0.3) is 0 Å². The topological polar surface area (TPSA) is 78.3 Å². The predicted molar refractivity (Wildman–Crippen MR) is 142 cm³/mol. The first-order chi connectivity index (χ1) is 16.9. The maximum atomic E-state index is 13.1. The van der Waals surface area contributed by atoms with E-state index in [1.54, 1.807) is 11.6 Å². The van der Waals surface area contributed by atoms with E-state index in [2.05, 4.69) is 28.2 Å². The summed E-state index contributed by atoms with van der Waals surface area (Å²) in [7, 11) is 0. The number of anilines is 1. The third-order valence-corrected chi connectivity index (χ3v) is 7.12. The quantitative estimate of drug-likeness (QED) is 0.226. The Morgan fingerprint density at radius 1 is 1.26 bits per heavy atom. The number of aromatic nitrogens is 3. The van der Waals surface area contributed by atoms with E-state index >= 15 is 0 Å². The molecule has 184 valence electrons. The number of fused-ring (bicyclic) bond motifs is 1. The summed E-state index contributed by atoms with van der Waals surface area (Å²) in [6.45, 7) is 6.51. The van der Waals surface area contributed by atoms with E-state index in [1.807, 2.05) is 49.4 Å². The highest BCUT2D eigenvalue weighted by molar-refractivity contribution is 9.10. The van der Waals surface area contributed by atoms with E-state index in [0.29, 0.717) is 45.5 Å². The lowest BCUT2D eigenvalue weighted by molar-refractivity contribution is -0.139. The number of nitrogens with one attached hydrogen (secondary N) is 1. The van der Waals surface area contributed by atoms with E-state index in [9.17, 15) is 4.79 Å². The van der Waals surface area contributed by atoms with E-state index < -0.39 is 12.0 Å². The zero-order valence-corrected chi connectivity index (χ0v) is 22.8. The molecule has 0 aliphatic carbocycles. The number of halogens is 2. The minimum Gasteiger partial charge on any atom is -0.493 e. The van der Waals surface area contributed by atoms with Crippen LogP contribution in [-0.2, 0) is 15.3 Å². The highest BCUT2D eigenvalue weighted by Crippen LogP contribution is 2.41. The molecule has 0 bridgehead atoms. The van der Waals surface area contributed by atoms with Crippen molar-refractivity contribution in [3.8, 4) is 5.75 Å². The van der Waals surface area contributed by atoms with Crippen molar-refractivity contribution in [2.45, 2.75) is 44.1 Å². The van der Waals surface area contributed by atoms with Gasteiger partial charge in [0.1, 0.15) is 11.8 Å². The van der Waals surface area contributed by atoms with Crippen LogP contribution >= 0.6 is 39.3 Å². The van der Waals surface area contributed by atoms with E-state index in [4.69, 9.17) is 31.2 Å². The summed E-state index contributed by atoms with van der Waals surface area (Å²) in [6, 6.07) is 12.9. The second-order valence-corrected chi connectivity index (χ2v) is 10.1. The van der Waals surface area contributed by atoms with Crippen molar-refractivity contribution in [1.82, 2.24) is 14.8 Å². The third-order valence-electron chi connectivity index (χ3n) is 5.37. The summed E-state index contributed by atoms with van der Waals surface area (Å²) >= 11 is 11.4. The van der Waals surface area contributed by atoms with Crippen molar-refractivity contribution >= 4 is 51.2 Å². The molecule has 0 saturated heterocycles. The Morgan fingerprint density at radius 3 is 2.80 bits per heavy atom. The second-order valence-electron chi connectivity index (χ2n) is 7.86. The lowest BCUT2D eigenvalue weighted by Gasteiger charge is -2.29. The first kappa shape index (κ1) is 25.6. The molecule has 0 spiro atoms. The molecule has 1 aliphatic rings. The number of thioether (sulfide) groups is 1. The molecular formula is C25H26BrClN4O3S. The van der Waals surface area contributed by atoms with Crippen molar-refractivity contribution in [1.29, 1.82) is 0 Å². The average Bonchev–Trinajstić information content (AvgIpc) is 3.24. The van der Waals surface area contributed by atoms with Gasteiger partial charge in [-0.1, -0.05) is 64.4 Å². The standard InChI is InChI=1S/C25H26BrClN4O3S/c1-4-12-34-20-11-10-17(26)13-18(20)22-21(23(32)33-5-2)15(3)28-24-29-25(30-31(22)24)35-14-16-8-6-7-9-19(16)27/h6-11,13,22H,4-5,12,14H2,1-3H3,(H,28,29,30). The van der Waals surface area contributed by atoms with Gasteiger partial charge in [0.05, 0.1) is 18.8 Å². The Hall–Kier alpha value is -2.49. The monoisotopic (exact) mass is 576 g/mol.